The van der Waals surface area contributed by atoms with Crippen LogP contribution >= 0.6 is 0 Å². The molecular formula is C14H22N2O3. The van der Waals surface area contributed by atoms with Crippen molar-refractivity contribution in [1.29, 1.82) is 0 Å². The van der Waals surface area contributed by atoms with Crippen LogP contribution in [0.5, 0.6) is 0 Å². The van der Waals surface area contributed by atoms with Crippen LogP contribution in [0.4, 0.5) is 0 Å². The maximum atomic E-state index is 12.7. The lowest BCUT2D eigenvalue weighted by molar-refractivity contribution is -0.161. The van der Waals surface area contributed by atoms with E-state index in [1.807, 2.05) is 11.8 Å². The second-order valence-corrected chi connectivity index (χ2v) is 5.90. The predicted molar refractivity (Wildman–Crippen MR) is 69.5 cm³/mol. The van der Waals surface area contributed by atoms with Crippen LogP contribution in [-0.4, -0.2) is 47.6 Å². The Kier molecular flexibility index (Phi) is 3.25. The monoisotopic (exact) mass is 266 g/mol. The molecule has 2 saturated heterocycles. The molecule has 0 aromatic heterocycles. The molecule has 2 heterocycles. The van der Waals surface area contributed by atoms with Gasteiger partial charge in [0.2, 0.25) is 11.8 Å². The first-order valence-corrected chi connectivity index (χ1v) is 7.41. The van der Waals surface area contributed by atoms with Gasteiger partial charge in [0, 0.05) is 6.61 Å². The molecule has 2 atom stereocenters. The molecule has 1 N–H and O–H groups in total. The number of hydrogen-bond acceptors (Lipinski definition) is 3. The van der Waals surface area contributed by atoms with E-state index < -0.39 is 5.54 Å². The molecule has 0 bridgehead atoms. The Morgan fingerprint density at radius 1 is 1.37 bits per heavy atom. The average molecular weight is 266 g/mol. The first-order valence-electron chi connectivity index (χ1n) is 7.41. The molecule has 3 aliphatic rings. The van der Waals surface area contributed by atoms with E-state index in [-0.39, 0.29) is 23.9 Å². The molecule has 3 rings (SSSR count). The summed E-state index contributed by atoms with van der Waals surface area (Å²) in [7, 11) is 0. The molecule has 19 heavy (non-hydrogen) atoms. The molecule has 5 nitrogen and oxygen atoms in total. The van der Waals surface area contributed by atoms with Gasteiger partial charge in [0.1, 0.15) is 11.6 Å². The molecule has 3 fully saturated rings. The molecule has 5 heteroatoms. The number of carbonyl (C=O) groups excluding carboxylic acids is 2. The van der Waals surface area contributed by atoms with Crippen molar-refractivity contribution in [3.05, 3.63) is 0 Å². The fourth-order valence-corrected chi connectivity index (χ4v) is 3.80. The normalized spacial score (nSPS) is 34.1. The number of piperazine rings is 1. The first kappa shape index (κ1) is 12.9. The van der Waals surface area contributed by atoms with Crippen molar-refractivity contribution in [3.8, 4) is 0 Å². The fourth-order valence-electron chi connectivity index (χ4n) is 3.80. The number of amides is 2. The van der Waals surface area contributed by atoms with Crippen molar-refractivity contribution in [2.24, 2.45) is 0 Å². The van der Waals surface area contributed by atoms with Crippen LogP contribution in [0.1, 0.15) is 45.4 Å². The standard InChI is InChI=1S/C14H22N2O3/c1-2-11-12(17)16(10-5-8-19-9-10)14(13(18)15-11)6-3-4-7-14/h10-11H,2-9H2,1H3,(H,15,18). The molecule has 2 unspecified atom stereocenters. The van der Waals surface area contributed by atoms with E-state index in [9.17, 15) is 9.59 Å². The summed E-state index contributed by atoms with van der Waals surface area (Å²) in [6, 6.07) is -0.259. The van der Waals surface area contributed by atoms with Gasteiger partial charge in [-0.3, -0.25) is 9.59 Å². The molecule has 0 aromatic carbocycles. The molecule has 1 aliphatic carbocycles. The summed E-state index contributed by atoms with van der Waals surface area (Å²) in [6.07, 6.45) is 5.18. The zero-order valence-electron chi connectivity index (χ0n) is 11.5. The van der Waals surface area contributed by atoms with Crippen LogP contribution in [0.25, 0.3) is 0 Å². The number of ether oxygens (including phenoxy) is 1. The minimum absolute atomic E-state index is 0.0587. The van der Waals surface area contributed by atoms with E-state index in [0.717, 1.165) is 32.1 Å². The third kappa shape index (κ3) is 1.86. The number of rotatable bonds is 2. The maximum absolute atomic E-state index is 12.7. The van der Waals surface area contributed by atoms with Crippen LogP contribution in [-0.2, 0) is 14.3 Å². The van der Waals surface area contributed by atoms with Crippen molar-refractivity contribution in [3.63, 3.8) is 0 Å². The summed E-state index contributed by atoms with van der Waals surface area (Å²) >= 11 is 0. The predicted octanol–water partition coefficient (Wildman–Crippen LogP) is 0.825. The molecule has 2 amide bonds. The average Bonchev–Trinajstić information content (AvgIpc) is 3.06. The van der Waals surface area contributed by atoms with Gasteiger partial charge in [0.15, 0.2) is 0 Å². The summed E-state index contributed by atoms with van der Waals surface area (Å²) in [5, 5.41) is 2.93. The van der Waals surface area contributed by atoms with E-state index >= 15 is 0 Å². The Morgan fingerprint density at radius 2 is 2.11 bits per heavy atom. The van der Waals surface area contributed by atoms with Crippen molar-refractivity contribution < 1.29 is 14.3 Å². The van der Waals surface area contributed by atoms with Crippen LogP contribution in [0, 0.1) is 0 Å². The van der Waals surface area contributed by atoms with Gasteiger partial charge in [-0.15, -0.1) is 0 Å². The smallest absolute Gasteiger partial charge is 0.246 e. The Labute approximate surface area is 113 Å². The van der Waals surface area contributed by atoms with Crippen molar-refractivity contribution in [2.45, 2.75) is 63.1 Å². The van der Waals surface area contributed by atoms with Gasteiger partial charge in [-0.25, -0.2) is 0 Å². The van der Waals surface area contributed by atoms with E-state index in [4.69, 9.17) is 4.74 Å². The quantitative estimate of drug-likeness (QED) is 0.805. The van der Waals surface area contributed by atoms with Gasteiger partial charge in [-0.1, -0.05) is 19.8 Å². The largest absolute Gasteiger partial charge is 0.379 e. The number of nitrogens with zero attached hydrogens (tertiary/aromatic N) is 1. The Hall–Kier alpha value is -1.10. The third-order valence-corrected chi connectivity index (χ3v) is 4.83. The molecule has 1 spiro atoms. The molecule has 1 saturated carbocycles. The van der Waals surface area contributed by atoms with Gasteiger partial charge < -0.3 is 15.0 Å². The minimum atomic E-state index is -0.582. The minimum Gasteiger partial charge on any atom is -0.379 e. The van der Waals surface area contributed by atoms with Gasteiger partial charge in [0.25, 0.3) is 0 Å². The molecule has 2 aliphatic heterocycles. The highest BCUT2D eigenvalue weighted by atomic mass is 16.5. The van der Waals surface area contributed by atoms with E-state index in [2.05, 4.69) is 5.32 Å². The lowest BCUT2D eigenvalue weighted by atomic mass is 9.87. The van der Waals surface area contributed by atoms with Crippen LogP contribution in [0.15, 0.2) is 0 Å². The maximum Gasteiger partial charge on any atom is 0.246 e. The zero-order valence-corrected chi connectivity index (χ0v) is 11.5. The SMILES string of the molecule is CCC1NC(=O)C2(CCCC2)N(C2CCOC2)C1=O. The second kappa shape index (κ2) is 4.78. The summed E-state index contributed by atoms with van der Waals surface area (Å²) in [5.41, 5.74) is -0.582. The van der Waals surface area contributed by atoms with E-state index in [1.165, 1.54) is 0 Å². The number of carbonyl (C=O) groups is 2. The van der Waals surface area contributed by atoms with Gasteiger partial charge in [-0.2, -0.15) is 0 Å². The van der Waals surface area contributed by atoms with Gasteiger partial charge >= 0.3 is 0 Å². The summed E-state index contributed by atoms with van der Waals surface area (Å²) in [4.78, 5) is 27.2. The van der Waals surface area contributed by atoms with Crippen LogP contribution < -0.4 is 5.32 Å². The Balaban J connectivity index is 1.95. The molecule has 0 radical (unpaired) electrons. The summed E-state index contributed by atoms with van der Waals surface area (Å²) in [6.45, 7) is 3.22. The van der Waals surface area contributed by atoms with Crippen molar-refractivity contribution in [2.75, 3.05) is 13.2 Å². The lowest BCUT2D eigenvalue weighted by Crippen LogP contribution is -2.71. The molecule has 106 valence electrons. The van der Waals surface area contributed by atoms with E-state index in [0.29, 0.717) is 19.6 Å². The second-order valence-electron chi connectivity index (χ2n) is 5.90. The highest BCUT2D eigenvalue weighted by molar-refractivity contribution is 6.00. The highest BCUT2D eigenvalue weighted by Crippen LogP contribution is 2.40. The topological polar surface area (TPSA) is 58.6 Å². The van der Waals surface area contributed by atoms with Crippen LogP contribution in [0.2, 0.25) is 0 Å². The lowest BCUT2D eigenvalue weighted by Gasteiger charge is -2.48. The zero-order chi connectivity index (χ0) is 13.5. The number of nitrogens with one attached hydrogen (secondary N) is 1. The molecule has 0 aromatic rings. The van der Waals surface area contributed by atoms with Gasteiger partial charge in [0.05, 0.1) is 12.6 Å². The Bertz CT molecular complexity index is 384. The van der Waals surface area contributed by atoms with Crippen LogP contribution in [0.3, 0.4) is 0 Å². The fraction of sp³-hybridized carbons (Fsp3) is 0.857. The number of hydrogen-bond donors (Lipinski definition) is 1. The van der Waals surface area contributed by atoms with Crippen molar-refractivity contribution >= 4 is 11.8 Å². The third-order valence-electron chi connectivity index (χ3n) is 4.83. The Morgan fingerprint density at radius 3 is 2.68 bits per heavy atom. The van der Waals surface area contributed by atoms with Gasteiger partial charge in [-0.05, 0) is 25.7 Å². The summed E-state index contributed by atoms with van der Waals surface area (Å²) < 4.78 is 5.44. The molecular weight excluding hydrogens is 244 g/mol. The highest BCUT2D eigenvalue weighted by Gasteiger charge is 2.55. The van der Waals surface area contributed by atoms with E-state index in [1.54, 1.807) is 0 Å². The van der Waals surface area contributed by atoms with Crippen molar-refractivity contribution in [1.82, 2.24) is 10.2 Å². The summed E-state index contributed by atoms with van der Waals surface area (Å²) in [5.74, 6) is 0.155. The first-order chi connectivity index (χ1) is 9.19.